The van der Waals surface area contributed by atoms with Gasteiger partial charge in [-0.1, -0.05) is 0 Å². The zero-order chi connectivity index (χ0) is 13.3. The molecule has 5 heteroatoms. The molecule has 0 bridgehead atoms. The molecule has 0 fully saturated rings. The summed E-state index contributed by atoms with van der Waals surface area (Å²) in [6, 6.07) is 5.70. The number of carbonyl (C=O) groups is 1. The van der Waals surface area contributed by atoms with E-state index in [2.05, 4.69) is 26.2 Å². The smallest absolute Gasteiger partial charge is 0.266 e. The third kappa shape index (κ3) is 2.97. The van der Waals surface area contributed by atoms with Crippen LogP contribution in [0.2, 0.25) is 0 Å². The first-order valence-corrected chi connectivity index (χ1v) is 7.09. The molecule has 18 heavy (non-hydrogen) atoms. The summed E-state index contributed by atoms with van der Waals surface area (Å²) in [5, 5.41) is 2.82. The van der Waals surface area contributed by atoms with Crippen molar-refractivity contribution >= 4 is 39.0 Å². The number of hydrogen-bond donors (Lipinski definition) is 1. The number of hydrogen-bond acceptors (Lipinski definition) is 3. The molecule has 0 spiro atoms. The molecule has 2 aromatic heterocycles. The van der Waals surface area contributed by atoms with Crippen molar-refractivity contribution < 1.29 is 4.79 Å². The van der Waals surface area contributed by atoms with Crippen LogP contribution in [0.25, 0.3) is 0 Å². The molecule has 0 atom stereocenters. The van der Waals surface area contributed by atoms with Gasteiger partial charge in [0.25, 0.3) is 5.91 Å². The molecule has 2 aromatic rings. The molecule has 2 rings (SSSR count). The summed E-state index contributed by atoms with van der Waals surface area (Å²) < 4.78 is 0.987. The highest BCUT2D eigenvalue weighted by atomic mass is 79.9. The first-order valence-electron chi connectivity index (χ1n) is 5.48. The fraction of sp³-hybridized carbons (Fsp3) is 0.231. The lowest BCUT2D eigenvalue weighted by Gasteiger charge is -2.05. The average molecular weight is 325 g/mol. The Balaban J connectivity index is 2.21. The molecule has 0 aliphatic carbocycles. The molecule has 0 unspecified atom stereocenters. The number of nitrogens with one attached hydrogen (secondary N) is 1. The summed E-state index contributed by atoms with van der Waals surface area (Å²) >= 11 is 4.84. The Morgan fingerprint density at radius 2 is 2.00 bits per heavy atom. The second-order valence-electron chi connectivity index (χ2n) is 4.19. The van der Waals surface area contributed by atoms with Gasteiger partial charge in [0.05, 0.1) is 8.66 Å². The Morgan fingerprint density at radius 1 is 1.28 bits per heavy atom. The predicted molar refractivity (Wildman–Crippen MR) is 78.4 cm³/mol. The van der Waals surface area contributed by atoms with Crippen molar-refractivity contribution in [2.75, 3.05) is 5.32 Å². The quantitative estimate of drug-likeness (QED) is 0.904. The van der Waals surface area contributed by atoms with Crippen molar-refractivity contribution in [1.29, 1.82) is 0 Å². The summed E-state index contributed by atoms with van der Waals surface area (Å²) in [4.78, 5) is 17.0. The highest BCUT2D eigenvalue weighted by molar-refractivity contribution is 9.11. The van der Waals surface area contributed by atoms with Crippen molar-refractivity contribution in [2.45, 2.75) is 20.8 Å². The summed E-state index contributed by atoms with van der Waals surface area (Å²) in [7, 11) is 0. The van der Waals surface area contributed by atoms with Crippen LogP contribution < -0.4 is 5.32 Å². The first-order chi connectivity index (χ1) is 8.45. The Labute approximate surface area is 118 Å². The minimum Gasteiger partial charge on any atom is -0.306 e. The number of aromatic nitrogens is 1. The van der Waals surface area contributed by atoms with Crippen LogP contribution in [0.1, 0.15) is 26.5 Å². The van der Waals surface area contributed by atoms with E-state index in [1.54, 1.807) is 0 Å². The normalized spacial score (nSPS) is 10.4. The van der Waals surface area contributed by atoms with Crippen molar-refractivity contribution in [1.82, 2.24) is 4.98 Å². The van der Waals surface area contributed by atoms with E-state index in [1.165, 1.54) is 11.3 Å². The number of nitrogens with zero attached hydrogens (tertiary/aromatic N) is 1. The van der Waals surface area contributed by atoms with E-state index >= 15 is 0 Å². The monoisotopic (exact) mass is 324 g/mol. The molecule has 0 aliphatic heterocycles. The van der Waals surface area contributed by atoms with E-state index in [-0.39, 0.29) is 5.91 Å². The van der Waals surface area contributed by atoms with Crippen molar-refractivity contribution in [3.8, 4) is 0 Å². The molecule has 2 heterocycles. The maximum Gasteiger partial charge on any atom is 0.266 e. The highest BCUT2D eigenvalue weighted by Crippen LogP contribution is 2.27. The van der Waals surface area contributed by atoms with Gasteiger partial charge in [0.2, 0.25) is 0 Å². The Morgan fingerprint density at radius 3 is 2.56 bits per heavy atom. The van der Waals surface area contributed by atoms with Gasteiger partial charge < -0.3 is 5.32 Å². The van der Waals surface area contributed by atoms with Crippen LogP contribution in [-0.4, -0.2) is 10.9 Å². The average Bonchev–Trinajstić information content (AvgIpc) is 2.57. The van der Waals surface area contributed by atoms with Gasteiger partial charge in [-0.15, -0.1) is 11.3 Å². The first kappa shape index (κ1) is 13.2. The Bertz CT molecular complexity index is 567. The summed E-state index contributed by atoms with van der Waals surface area (Å²) in [5.41, 5.74) is 3.05. The third-order valence-corrected chi connectivity index (χ3v) is 4.56. The summed E-state index contributed by atoms with van der Waals surface area (Å²) in [6.07, 6.45) is 0. The van der Waals surface area contributed by atoms with E-state index in [1.807, 2.05) is 39.0 Å². The van der Waals surface area contributed by atoms with Crippen LogP contribution in [0.3, 0.4) is 0 Å². The molecule has 0 aromatic carbocycles. The van der Waals surface area contributed by atoms with Crippen LogP contribution >= 0.6 is 27.3 Å². The van der Waals surface area contributed by atoms with Gasteiger partial charge >= 0.3 is 0 Å². The number of thiophene rings is 1. The lowest BCUT2D eigenvalue weighted by atomic mass is 10.2. The van der Waals surface area contributed by atoms with E-state index in [0.717, 1.165) is 20.6 Å². The molecule has 0 aliphatic rings. The predicted octanol–water partition coefficient (Wildman–Crippen LogP) is 4.08. The van der Waals surface area contributed by atoms with Crippen LogP contribution in [0.5, 0.6) is 0 Å². The molecule has 0 saturated heterocycles. The van der Waals surface area contributed by atoms with Crippen LogP contribution in [0.4, 0.5) is 5.82 Å². The minimum absolute atomic E-state index is 0.119. The maximum atomic E-state index is 12.0. The molecular formula is C13H13BrN2OS. The summed E-state index contributed by atoms with van der Waals surface area (Å²) in [6.45, 7) is 5.86. The van der Waals surface area contributed by atoms with Gasteiger partial charge in [-0.05, 0) is 66.0 Å². The Hall–Kier alpha value is -1.20. The van der Waals surface area contributed by atoms with Crippen molar-refractivity contribution in [3.63, 3.8) is 0 Å². The van der Waals surface area contributed by atoms with Gasteiger partial charge in [-0.2, -0.15) is 0 Å². The SMILES string of the molecule is Cc1cc(C)nc(NC(=O)c2cc(C)c(Br)s2)c1. The molecule has 94 valence electrons. The second kappa shape index (κ2) is 5.20. The summed E-state index contributed by atoms with van der Waals surface area (Å²) in [5.74, 6) is 0.478. The van der Waals surface area contributed by atoms with Gasteiger partial charge in [-0.25, -0.2) is 4.98 Å². The molecular weight excluding hydrogens is 312 g/mol. The molecule has 1 N–H and O–H groups in total. The fourth-order valence-corrected chi connectivity index (χ4v) is 3.09. The lowest BCUT2D eigenvalue weighted by molar-refractivity contribution is 0.103. The van der Waals surface area contributed by atoms with Crippen molar-refractivity contribution in [2.24, 2.45) is 0 Å². The molecule has 0 radical (unpaired) electrons. The number of rotatable bonds is 2. The van der Waals surface area contributed by atoms with Crippen LogP contribution in [-0.2, 0) is 0 Å². The van der Waals surface area contributed by atoms with Crippen molar-refractivity contribution in [3.05, 3.63) is 43.7 Å². The van der Waals surface area contributed by atoms with Gasteiger partial charge in [-0.3, -0.25) is 4.79 Å². The largest absolute Gasteiger partial charge is 0.306 e. The van der Waals surface area contributed by atoms with Gasteiger partial charge in [0, 0.05) is 5.69 Å². The van der Waals surface area contributed by atoms with E-state index in [9.17, 15) is 4.79 Å². The van der Waals surface area contributed by atoms with E-state index in [0.29, 0.717) is 10.7 Å². The second-order valence-corrected chi connectivity index (χ2v) is 6.56. The highest BCUT2D eigenvalue weighted by Gasteiger charge is 2.12. The molecule has 0 saturated carbocycles. The van der Waals surface area contributed by atoms with Gasteiger partial charge in [0.15, 0.2) is 0 Å². The third-order valence-electron chi connectivity index (χ3n) is 2.42. The van der Waals surface area contributed by atoms with E-state index < -0.39 is 0 Å². The number of halogens is 1. The molecule has 3 nitrogen and oxygen atoms in total. The standard InChI is InChI=1S/C13H13BrN2OS/c1-7-4-9(3)15-11(5-7)16-13(17)10-6-8(2)12(14)18-10/h4-6H,1-3H3,(H,15,16,17). The van der Waals surface area contributed by atoms with Crippen LogP contribution in [0, 0.1) is 20.8 Å². The number of pyridine rings is 1. The van der Waals surface area contributed by atoms with Gasteiger partial charge in [0.1, 0.15) is 5.82 Å². The van der Waals surface area contributed by atoms with E-state index in [4.69, 9.17) is 0 Å². The molecule has 1 amide bonds. The zero-order valence-corrected chi connectivity index (χ0v) is 12.8. The zero-order valence-electron chi connectivity index (χ0n) is 10.4. The number of amides is 1. The fourth-order valence-electron chi connectivity index (χ4n) is 1.66. The Kier molecular flexibility index (Phi) is 3.82. The minimum atomic E-state index is -0.119. The number of carbonyl (C=O) groups excluding carboxylic acids is 1. The van der Waals surface area contributed by atoms with Crippen LogP contribution in [0.15, 0.2) is 22.0 Å². The lowest BCUT2D eigenvalue weighted by Crippen LogP contribution is -2.11. The topological polar surface area (TPSA) is 42.0 Å². The maximum absolute atomic E-state index is 12.0. The number of anilines is 1. The number of aryl methyl sites for hydroxylation is 3.